The van der Waals surface area contributed by atoms with Gasteiger partial charge in [-0.3, -0.25) is 14.9 Å². The molecule has 11 nitrogen and oxygen atoms in total. The van der Waals surface area contributed by atoms with Crippen molar-refractivity contribution >= 4 is 35.5 Å². The number of aromatic hydroxyl groups is 1. The molecule has 6 N–H and O–H groups in total. The van der Waals surface area contributed by atoms with Crippen molar-refractivity contribution < 1.29 is 29.3 Å². The lowest BCUT2D eigenvalue weighted by molar-refractivity contribution is -0.116. The molecule has 3 amide bonds. The molecule has 4 aromatic rings. The molecule has 1 atom stereocenters. The molecule has 1 fully saturated rings. The molecule has 0 bridgehead atoms. The number of benzene rings is 4. The van der Waals surface area contributed by atoms with Gasteiger partial charge >= 0.3 is 6.09 Å². The zero-order valence-electron chi connectivity index (χ0n) is 29.2. The molecular formula is C40H47N5O6. The second-order valence-corrected chi connectivity index (χ2v) is 12.8. The van der Waals surface area contributed by atoms with E-state index in [1.165, 1.54) is 6.07 Å². The minimum absolute atomic E-state index is 0.0507. The predicted molar refractivity (Wildman–Crippen MR) is 200 cm³/mol. The summed E-state index contributed by atoms with van der Waals surface area (Å²) in [5.41, 5.74) is 7.36. The summed E-state index contributed by atoms with van der Waals surface area (Å²) in [7, 11) is 0. The molecule has 5 rings (SSSR count). The fraction of sp³-hybridized carbons (Fsp3) is 0.325. The molecule has 4 aromatic carbocycles. The van der Waals surface area contributed by atoms with Crippen molar-refractivity contribution in [3.63, 3.8) is 0 Å². The normalized spacial score (nSPS) is 14.0. The van der Waals surface area contributed by atoms with Gasteiger partial charge in [0.15, 0.2) is 0 Å². The Bertz CT molecular complexity index is 1790. The number of para-hydroxylation sites is 1. The van der Waals surface area contributed by atoms with E-state index in [9.17, 15) is 24.6 Å². The van der Waals surface area contributed by atoms with E-state index in [0.29, 0.717) is 50.0 Å². The van der Waals surface area contributed by atoms with E-state index < -0.39 is 12.2 Å². The van der Waals surface area contributed by atoms with Crippen LogP contribution in [0.25, 0.3) is 11.1 Å². The quantitative estimate of drug-likeness (QED) is 0.0622. The van der Waals surface area contributed by atoms with Gasteiger partial charge in [0, 0.05) is 50.4 Å². The van der Waals surface area contributed by atoms with Crippen molar-refractivity contribution in [3.05, 3.63) is 107 Å². The predicted octanol–water partition coefficient (Wildman–Crippen LogP) is 6.36. The van der Waals surface area contributed by atoms with Crippen molar-refractivity contribution in [3.8, 4) is 16.9 Å². The van der Waals surface area contributed by atoms with Gasteiger partial charge in [0.1, 0.15) is 11.9 Å². The van der Waals surface area contributed by atoms with Crippen LogP contribution in [0.4, 0.5) is 21.9 Å². The molecule has 268 valence electrons. The average molecular weight is 694 g/mol. The summed E-state index contributed by atoms with van der Waals surface area (Å²) in [4.78, 5) is 38.8. The van der Waals surface area contributed by atoms with Crippen LogP contribution in [0.3, 0.4) is 0 Å². The van der Waals surface area contributed by atoms with Gasteiger partial charge in [-0.15, -0.1) is 0 Å². The Morgan fingerprint density at radius 3 is 2.41 bits per heavy atom. The number of rotatable bonds is 15. The molecule has 0 aliphatic carbocycles. The summed E-state index contributed by atoms with van der Waals surface area (Å²) < 4.78 is 5.76. The highest BCUT2D eigenvalue weighted by Crippen LogP contribution is 2.29. The highest BCUT2D eigenvalue weighted by molar-refractivity contribution is 5.92. The fourth-order valence-electron chi connectivity index (χ4n) is 6.28. The van der Waals surface area contributed by atoms with Crippen molar-refractivity contribution in [2.24, 2.45) is 0 Å². The number of amides is 3. The van der Waals surface area contributed by atoms with Gasteiger partial charge in [0.05, 0.1) is 17.5 Å². The van der Waals surface area contributed by atoms with Crippen LogP contribution in [0.2, 0.25) is 0 Å². The molecule has 1 aliphatic heterocycles. The first-order chi connectivity index (χ1) is 24.7. The molecule has 1 aliphatic rings. The smallest absolute Gasteiger partial charge is 0.411 e. The second-order valence-electron chi connectivity index (χ2n) is 12.8. The molecule has 1 heterocycles. The topological polar surface area (TPSA) is 152 Å². The molecule has 0 aromatic heterocycles. The maximum Gasteiger partial charge on any atom is 0.411 e. The van der Waals surface area contributed by atoms with Crippen molar-refractivity contribution in [1.82, 2.24) is 10.2 Å². The van der Waals surface area contributed by atoms with Crippen LogP contribution in [0.1, 0.15) is 54.5 Å². The van der Waals surface area contributed by atoms with Gasteiger partial charge in [-0.25, -0.2) is 4.79 Å². The number of aryl methyl sites for hydroxylation is 2. The maximum absolute atomic E-state index is 13.0. The zero-order chi connectivity index (χ0) is 36.2. The van der Waals surface area contributed by atoms with Crippen LogP contribution >= 0.6 is 0 Å². The number of hydrogen-bond donors (Lipinski definition) is 6. The highest BCUT2D eigenvalue weighted by atomic mass is 16.6. The minimum Gasteiger partial charge on any atom is -0.506 e. The standard InChI is InChI=1S/C40H47N5O6/c1-3-28-22-31(24-41-25-38(48)30-13-14-37(47)36(23-30)42-26-46)27(2)21-35(28)43-39(49)17-20-45-18-15-32(16-19-45)51-40(50)44-34-12-8-7-11-33(34)29-9-5-4-6-10-29/h4-14,21-23,26,32,38,41,47-48H,3,15-20,24-25H2,1-2H3,(H,42,46)(H,43,49)(H,44,50)/t38-/m0/s1. The molecule has 51 heavy (non-hydrogen) atoms. The van der Waals surface area contributed by atoms with Gasteiger partial charge in [0.2, 0.25) is 12.3 Å². The second kappa shape index (κ2) is 18.1. The van der Waals surface area contributed by atoms with Gasteiger partial charge in [-0.1, -0.05) is 67.6 Å². The first kappa shape index (κ1) is 37.0. The monoisotopic (exact) mass is 693 g/mol. The third-order valence-corrected chi connectivity index (χ3v) is 9.20. The van der Waals surface area contributed by atoms with E-state index in [2.05, 4.69) is 32.2 Å². The number of aliphatic hydroxyl groups is 1. The summed E-state index contributed by atoms with van der Waals surface area (Å²) in [5.74, 6) is -0.124. The summed E-state index contributed by atoms with van der Waals surface area (Å²) in [6.07, 6.45) is 1.49. The molecule has 0 spiro atoms. The number of nitrogens with zero attached hydrogens (tertiary/aromatic N) is 1. The molecule has 1 saturated heterocycles. The minimum atomic E-state index is -0.839. The van der Waals surface area contributed by atoms with Crippen LogP contribution in [0.5, 0.6) is 5.75 Å². The van der Waals surface area contributed by atoms with Crippen LogP contribution in [0.15, 0.2) is 84.9 Å². The lowest BCUT2D eigenvalue weighted by Crippen LogP contribution is -2.39. The number of carbonyl (C=O) groups is 3. The third kappa shape index (κ3) is 10.4. The van der Waals surface area contributed by atoms with E-state index in [4.69, 9.17) is 4.74 Å². The van der Waals surface area contributed by atoms with E-state index in [1.807, 2.05) is 74.5 Å². The number of anilines is 3. The van der Waals surface area contributed by atoms with Crippen molar-refractivity contribution in [2.75, 3.05) is 42.1 Å². The van der Waals surface area contributed by atoms with E-state index in [0.717, 1.165) is 53.0 Å². The first-order valence-electron chi connectivity index (χ1n) is 17.4. The van der Waals surface area contributed by atoms with Crippen LogP contribution in [0, 0.1) is 6.92 Å². The van der Waals surface area contributed by atoms with Crippen LogP contribution < -0.4 is 21.3 Å². The summed E-state index contributed by atoms with van der Waals surface area (Å²) in [6.45, 7) is 6.93. The lowest BCUT2D eigenvalue weighted by Gasteiger charge is -2.31. The van der Waals surface area contributed by atoms with Crippen molar-refractivity contribution in [1.29, 1.82) is 0 Å². The molecular weight excluding hydrogens is 646 g/mol. The third-order valence-electron chi connectivity index (χ3n) is 9.20. The number of piperidine rings is 1. The Morgan fingerprint density at radius 2 is 1.67 bits per heavy atom. The molecule has 0 radical (unpaired) electrons. The van der Waals surface area contributed by atoms with E-state index >= 15 is 0 Å². The van der Waals surface area contributed by atoms with Gasteiger partial charge in [-0.05, 0) is 78.3 Å². The number of ether oxygens (including phenoxy) is 1. The number of hydrogen-bond acceptors (Lipinski definition) is 8. The van der Waals surface area contributed by atoms with E-state index in [-0.39, 0.29) is 30.0 Å². The Kier molecular flexibility index (Phi) is 13.2. The van der Waals surface area contributed by atoms with Crippen molar-refractivity contribution in [2.45, 2.75) is 58.3 Å². The Balaban J connectivity index is 1.04. The molecule has 11 heteroatoms. The largest absolute Gasteiger partial charge is 0.506 e. The van der Waals surface area contributed by atoms with E-state index in [1.54, 1.807) is 12.1 Å². The number of likely N-dealkylation sites (tertiary alicyclic amines) is 1. The maximum atomic E-state index is 13.0. The number of carbonyl (C=O) groups excluding carboxylic acids is 3. The Labute approximate surface area is 299 Å². The average Bonchev–Trinajstić information content (AvgIpc) is 3.13. The SMILES string of the molecule is CCc1cc(CNC[C@H](O)c2ccc(O)c(NC=O)c2)c(C)cc1NC(=O)CCN1CCC(OC(=O)Nc2ccccc2-c2ccccc2)CC1. The molecule has 0 unspecified atom stereocenters. The first-order valence-corrected chi connectivity index (χ1v) is 17.4. The Morgan fingerprint density at radius 1 is 0.922 bits per heavy atom. The number of aliphatic hydroxyl groups excluding tert-OH is 1. The molecule has 0 saturated carbocycles. The summed E-state index contributed by atoms with van der Waals surface area (Å²) >= 11 is 0. The number of phenolic OH excluding ortho intramolecular Hbond substituents is 1. The Hall–Kier alpha value is -5.23. The summed E-state index contributed by atoms with van der Waals surface area (Å²) in [6, 6.07) is 26.2. The van der Waals surface area contributed by atoms with Crippen LogP contribution in [-0.2, 0) is 27.3 Å². The van der Waals surface area contributed by atoms with Gasteiger partial charge < -0.3 is 35.8 Å². The number of phenols is 1. The van der Waals surface area contributed by atoms with Gasteiger partial charge in [0.25, 0.3) is 0 Å². The lowest BCUT2D eigenvalue weighted by atomic mass is 10.0. The highest BCUT2D eigenvalue weighted by Gasteiger charge is 2.23. The summed E-state index contributed by atoms with van der Waals surface area (Å²) in [5, 5.41) is 32.2. The fourth-order valence-corrected chi connectivity index (χ4v) is 6.28. The number of nitrogens with one attached hydrogen (secondary N) is 4. The zero-order valence-corrected chi connectivity index (χ0v) is 29.2. The van der Waals surface area contributed by atoms with Gasteiger partial charge in [-0.2, -0.15) is 0 Å². The van der Waals surface area contributed by atoms with Crippen LogP contribution in [-0.4, -0.2) is 65.8 Å².